The monoisotopic (exact) mass is 308 g/mol. The minimum Gasteiger partial charge on any atom is -0.372 e. The van der Waals surface area contributed by atoms with E-state index in [9.17, 15) is 0 Å². The molecule has 0 heterocycles. The van der Waals surface area contributed by atoms with E-state index < -0.39 is 0 Å². The quantitative estimate of drug-likeness (QED) is 0.770. The lowest BCUT2D eigenvalue weighted by atomic mass is 10.1. The summed E-state index contributed by atoms with van der Waals surface area (Å²) in [6, 6.07) is 7.66. The van der Waals surface area contributed by atoms with Crippen molar-refractivity contribution >= 4 is 17.3 Å². The van der Waals surface area contributed by atoms with Crippen molar-refractivity contribution in [2.45, 2.75) is 71.0 Å². The second-order valence-electron chi connectivity index (χ2n) is 6.57. The highest BCUT2D eigenvalue weighted by atomic mass is 35.5. The largest absolute Gasteiger partial charge is 0.372 e. The van der Waals surface area contributed by atoms with Gasteiger partial charge in [0.25, 0.3) is 0 Å². The summed E-state index contributed by atoms with van der Waals surface area (Å²) in [4.78, 5) is 2.43. The molecule has 0 unspecified atom stereocenters. The van der Waals surface area contributed by atoms with E-state index in [1.54, 1.807) is 0 Å². The number of nitrogens with zero attached hydrogens (tertiary/aromatic N) is 1. The van der Waals surface area contributed by atoms with Crippen molar-refractivity contribution in [3.63, 3.8) is 0 Å². The molecule has 1 fully saturated rings. The van der Waals surface area contributed by atoms with Crippen LogP contribution in [0.2, 0.25) is 5.02 Å². The van der Waals surface area contributed by atoms with Crippen LogP contribution in [0, 0.1) is 0 Å². The Morgan fingerprint density at radius 3 is 2.43 bits per heavy atom. The highest BCUT2D eigenvalue weighted by molar-refractivity contribution is 6.31. The topological polar surface area (TPSA) is 15.3 Å². The van der Waals surface area contributed by atoms with Crippen LogP contribution in [0.25, 0.3) is 0 Å². The second kappa shape index (κ2) is 8.05. The SMILES string of the molecule is CC(C)NCc1ccc(N(C)C2CCCCCC2)cc1Cl. The van der Waals surface area contributed by atoms with E-state index >= 15 is 0 Å². The molecule has 1 saturated carbocycles. The molecule has 1 aromatic rings. The first-order valence-electron chi connectivity index (χ1n) is 8.32. The van der Waals surface area contributed by atoms with Gasteiger partial charge >= 0.3 is 0 Å². The first-order chi connectivity index (χ1) is 10.1. The number of halogens is 1. The molecule has 0 saturated heterocycles. The van der Waals surface area contributed by atoms with E-state index in [0.29, 0.717) is 12.1 Å². The molecule has 0 aromatic heterocycles. The summed E-state index contributed by atoms with van der Waals surface area (Å²) in [6.07, 6.45) is 8.13. The van der Waals surface area contributed by atoms with Gasteiger partial charge in [-0.3, -0.25) is 0 Å². The van der Waals surface area contributed by atoms with Crippen LogP contribution in [0.1, 0.15) is 57.9 Å². The number of hydrogen-bond donors (Lipinski definition) is 1. The first-order valence-corrected chi connectivity index (χ1v) is 8.70. The lowest BCUT2D eigenvalue weighted by Crippen LogP contribution is -2.31. The fourth-order valence-electron chi connectivity index (χ4n) is 3.07. The standard InChI is InChI=1S/C18H29ClN2/c1-14(2)20-13-15-10-11-17(12-18(15)19)21(3)16-8-6-4-5-7-9-16/h10-12,14,16,20H,4-9,13H2,1-3H3. The van der Waals surface area contributed by atoms with Crippen LogP contribution in [0.15, 0.2) is 18.2 Å². The van der Waals surface area contributed by atoms with Crippen molar-refractivity contribution in [3.05, 3.63) is 28.8 Å². The molecule has 1 N–H and O–H groups in total. The molecule has 2 nitrogen and oxygen atoms in total. The lowest BCUT2D eigenvalue weighted by Gasteiger charge is -2.29. The van der Waals surface area contributed by atoms with Gasteiger partial charge in [-0.1, -0.05) is 57.2 Å². The molecular weight excluding hydrogens is 280 g/mol. The number of hydrogen-bond acceptors (Lipinski definition) is 2. The zero-order chi connectivity index (χ0) is 15.2. The third-order valence-electron chi connectivity index (χ3n) is 4.52. The van der Waals surface area contributed by atoms with Gasteiger partial charge < -0.3 is 10.2 Å². The van der Waals surface area contributed by atoms with Crippen molar-refractivity contribution in [1.29, 1.82) is 0 Å². The molecule has 0 radical (unpaired) electrons. The van der Waals surface area contributed by atoms with Gasteiger partial charge in [-0.2, -0.15) is 0 Å². The molecular formula is C18H29ClN2. The van der Waals surface area contributed by atoms with Crippen molar-refractivity contribution in [2.24, 2.45) is 0 Å². The Kier molecular flexibility index (Phi) is 6.38. The zero-order valence-electron chi connectivity index (χ0n) is 13.7. The molecule has 2 rings (SSSR count). The number of benzene rings is 1. The van der Waals surface area contributed by atoms with Gasteiger partial charge in [0, 0.05) is 36.4 Å². The van der Waals surface area contributed by atoms with E-state index in [4.69, 9.17) is 11.6 Å². The summed E-state index contributed by atoms with van der Waals surface area (Å²) in [5.74, 6) is 0. The molecule has 1 aliphatic carbocycles. The minimum absolute atomic E-state index is 0.481. The molecule has 1 aromatic carbocycles. The van der Waals surface area contributed by atoms with Crippen molar-refractivity contribution in [2.75, 3.05) is 11.9 Å². The minimum atomic E-state index is 0.481. The zero-order valence-corrected chi connectivity index (χ0v) is 14.4. The van der Waals surface area contributed by atoms with Crippen molar-refractivity contribution < 1.29 is 0 Å². The van der Waals surface area contributed by atoms with E-state index in [2.05, 4.69) is 49.3 Å². The van der Waals surface area contributed by atoms with E-state index in [1.165, 1.54) is 49.8 Å². The molecule has 0 spiro atoms. The van der Waals surface area contributed by atoms with Gasteiger partial charge in [0.2, 0.25) is 0 Å². The van der Waals surface area contributed by atoms with Crippen LogP contribution in [-0.2, 0) is 6.54 Å². The van der Waals surface area contributed by atoms with Crippen LogP contribution >= 0.6 is 11.6 Å². The predicted octanol–water partition coefficient (Wildman–Crippen LogP) is 5.00. The van der Waals surface area contributed by atoms with Crippen LogP contribution < -0.4 is 10.2 Å². The third-order valence-corrected chi connectivity index (χ3v) is 4.87. The Hall–Kier alpha value is -0.730. The summed E-state index contributed by atoms with van der Waals surface area (Å²) in [5.41, 5.74) is 2.43. The molecule has 21 heavy (non-hydrogen) atoms. The fraction of sp³-hybridized carbons (Fsp3) is 0.667. The van der Waals surface area contributed by atoms with E-state index in [1.807, 2.05) is 0 Å². The summed E-state index contributed by atoms with van der Waals surface area (Å²) < 4.78 is 0. The van der Waals surface area contributed by atoms with Crippen LogP contribution in [0.4, 0.5) is 5.69 Å². The molecule has 0 atom stereocenters. The summed E-state index contributed by atoms with van der Waals surface area (Å²) in [5, 5.41) is 4.30. The predicted molar refractivity (Wildman–Crippen MR) is 93.3 cm³/mol. The maximum absolute atomic E-state index is 6.46. The summed E-state index contributed by atoms with van der Waals surface area (Å²) in [7, 11) is 2.22. The Labute approximate surface area is 134 Å². The highest BCUT2D eigenvalue weighted by Crippen LogP contribution is 2.28. The molecule has 1 aliphatic rings. The van der Waals surface area contributed by atoms with Gasteiger partial charge in [0.15, 0.2) is 0 Å². The normalized spacial score (nSPS) is 17.0. The molecule has 0 amide bonds. The second-order valence-corrected chi connectivity index (χ2v) is 6.97. The Morgan fingerprint density at radius 1 is 1.19 bits per heavy atom. The Bertz CT molecular complexity index is 437. The Morgan fingerprint density at radius 2 is 1.86 bits per heavy atom. The lowest BCUT2D eigenvalue weighted by molar-refractivity contribution is 0.553. The number of anilines is 1. The third kappa shape index (κ3) is 4.89. The van der Waals surface area contributed by atoms with E-state index in [0.717, 1.165) is 11.6 Å². The average molecular weight is 309 g/mol. The van der Waals surface area contributed by atoms with Crippen molar-refractivity contribution in [3.8, 4) is 0 Å². The maximum Gasteiger partial charge on any atom is 0.0471 e. The van der Waals surface area contributed by atoms with Crippen LogP contribution in [-0.4, -0.2) is 19.1 Å². The molecule has 0 aliphatic heterocycles. The van der Waals surface area contributed by atoms with Gasteiger partial charge in [0.1, 0.15) is 0 Å². The average Bonchev–Trinajstić information content (AvgIpc) is 2.74. The van der Waals surface area contributed by atoms with Gasteiger partial charge in [-0.25, -0.2) is 0 Å². The first kappa shape index (κ1) is 16.6. The molecule has 3 heteroatoms. The van der Waals surface area contributed by atoms with Gasteiger partial charge in [0.05, 0.1) is 0 Å². The smallest absolute Gasteiger partial charge is 0.0471 e. The fourth-order valence-corrected chi connectivity index (χ4v) is 3.31. The van der Waals surface area contributed by atoms with Gasteiger partial charge in [-0.05, 0) is 30.5 Å². The highest BCUT2D eigenvalue weighted by Gasteiger charge is 2.18. The summed E-state index contributed by atoms with van der Waals surface area (Å²) >= 11 is 6.46. The number of rotatable bonds is 5. The summed E-state index contributed by atoms with van der Waals surface area (Å²) in [6.45, 7) is 5.15. The molecule has 118 valence electrons. The Balaban J connectivity index is 2.04. The van der Waals surface area contributed by atoms with E-state index in [-0.39, 0.29) is 0 Å². The van der Waals surface area contributed by atoms with Gasteiger partial charge in [-0.15, -0.1) is 0 Å². The maximum atomic E-state index is 6.46. The number of nitrogens with one attached hydrogen (secondary N) is 1. The van der Waals surface area contributed by atoms with Crippen LogP contribution in [0.3, 0.4) is 0 Å². The van der Waals surface area contributed by atoms with Crippen molar-refractivity contribution in [1.82, 2.24) is 5.32 Å². The molecule has 0 bridgehead atoms. The van der Waals surface area contributed by atoms with Crippen LogP contribution in [0.5, 0.6) is 0 Å².